The van der Waals surface area contributed by atoms with Crippen LogP contribution in [0.1, 0.15) is 11.1 Å². The van der Waals surface area contributed by atoms with Gasteiger partial charge in [-0.1, -0.05) is 200 Å². The summed E-state index contributed by atoms with van der Waals surface area (Å²) in [6.45, 7) is 0. The molecular weight excluding hydrogens is 1230 g/mol. The summed E-state index contributed by atoms with van der Waals surface area (Å²) in [6, 6.07) is 101. The predicted molar refractivity (Wildman–Crippen MR) is 388 cm³/mol. The van der Waals surface area contributed by atoms with Crippen molar-refractivity contribution in [1.82, 2.24) is 22.8 Å². The third kappa shape index (κ3) is 8.43. The van der Waals surface area contributed by atoms with Gasteiger partial charge in [-0.15, -0.1) is 0 Å². The van der Waals surface area contributed by atoms with Crippen molar-refractivity contribution in [2.75, 3.05) is 4.90 Å². The van der Waals surface area contributed by atoms with Crippen LogP contribution < -0.4 is 4.90 Å². The molecule has 0 amide bonds. The maximum absolute atomic E-state index is 16.4. The third-order valence-electron chi connectivity index (χ3n) is 19.6. The van der Waals surface area contributed by atoms with Gasteiger partial charge in [0.1, 0.15) is 0 Å². The van der Waals surface area contributed by atoms with Crippen molar-refractivity contribution in [3.8, 4) is 39.6 Å². The van der Waals surface area contributed by atoms with Crippen LogP contribution in [0.2, 0.25) is 0 Å². The summed E-state index contributed by atoms with van der Waals surface area (Å²) in [5, 5.41) is 8.55. The van der Waals surface area contributed by atoms with Gasteiger partial charge in [-0.2, -0.15) is 26.3 Å². The van der Waals surface area contributed by atoms with Gasteiger partial charge in [0.2, 0.25) is 0 Å². The Kier molecular flexibility index (Phi) is 12.5. The second-order valence-corrected chi connectivity index (χ2v) is 25.0. The summed E-state index contributed by atoms with van der Waals surface area (Å²) >= 11 is 0. The summed E-state index contributed by atoms with van der Waals surface area (Å²) < 4.78 is 109. The highest BCUT2D eigenvalue weighted by molar-refractivity contribution is 6.19. The van der Waals surface area contributed by atoms with Crippen LogP contribution in [0, 0.1) is 0 Å². The standard InChI is InChI=1S/C86H52F6N6/c87-85(88,89)54-49-53(50-55(51-54)86(90,91)92)79-80(94-69-38-16-7-29-59(69)60-30-8-17-39-70(60)94)82(96-73-42-20-11-33-63(73)64-34-12-21-43-74(64)96)84(98-77-46-24-15-37-67(77)68-52-58(47-48-78(68)98)93(56-25-3-1-4-26-56)57-27-5-2-6-28-57)83(97-75-44-22-13-35-65(75)66-36-14-23-45-76(66)97)81(79)95-71-40-18-9-31-61(71)62-32-10-19-41-72(62)95/h1-52H. The van der Waals surface area contributed by atoms with Crippen LogP contribution in [-0.4, -0.2) is 22.8 Å². The molecule has 0 aliphatic heterocycles. The molecule has 98 heavy (non-hydrogen) atoms. The molecule has 5 heterocycles. The number of alkyl halides is 6. The molecule has 0 bridgehead atoms. The molecule has 0 N–H and O–H groups in total. The SMILES string of the molecule is FC(F)(F)c1cc(-c2c(-n3c4ccccc4c4ccccc43)c(-n3c4ccccc4c4ccccc43)c(-n3c4ccccc4c4cc(N(c5ccccc5)c5ccccc5)ccc43)c(-n3c4ccccc4c4ccccc43)c2-n2c3ccccc3c3ccccc32)cc(C(F)(F)F)c1. The lowest BCUT2D eigenvalue weighted by molar-refractivity contribution is -0.143. The van der Waals surface area contributed by atoms with E-state index in [2.05, 4.69) is 131 Å². The van der Waals surface area contributed by atoms with Gasteiger partial charge in [0.25, 0.3) is 0 Å². The van der Waals surface area contributed by atoms with Crippen molar-refractivity contribution < 1.29 is 26.3 Å². The van der Waals surface area contributed by atoms with Gasteiger partial charge in [-0.25, -0.2) is 0 Å². The molecule has 0 unspecified atom stereocenters. The average Bonchev–Trinajstić information content (AvgIpc) is 1.44. The maximum Gasteiger partial charge on any atom is 0.416 e. The number of halogens is 6. The minimum Gasteiger partial charge on any atom is -0.310 e. The first kappa shape index (κ1) is 57.0. The van der Waals surface area contributed by atoms with Crippen LogP contribution in [0.5, 0.6) is 0 Å². The fourth-order valence-corrected chi connectivity index (χ4v) is 15.7. The number of hydrogen-bond donors (Lipinski definition) is 0. The summed E-state index contributed by atoms with van der Waals surface area (Å²) in [6.07, 6.45) is -10.5. The molecule has 0 atom stereocenters. The molecule has 14 aromatic carbocycles. The lowest BCUT2D eigenvalue weighted by Gasteiger charge is -2.32. The van der Waals surface area contributed by atoms with Gasteiger partial charge in [0, 0.05) is 76.5 Å². The molecule has 19 aromatic rings. The first-order valence-corrected chi connectivity index (χ1v) is 32.4. The van der Waals surface area contributed by atoms with E-state index in [1.54, 1.807) is 0 Å². The topological polar surface area (TPSA) is 27.9 Å². The molecule has 0 radical (unpaired) electrons. The Morgan fingerprint density at radius 2 is 0.439 bits per heavy atom. The molecule has 468 valence electrons. The Labute approximate surface area is 555 Å². The second kappa shape index (κ2) is 21.5. The van der Waals surface area contributed by atoms with Gasteiger partial charge >= 0.3 is 12.4 Å². The van der Waals surface area contributed by atoms with Crippen molar-refractivity contribution in [2.24, 2.45) is 0 Å². The zero-order valence-electron chi connectivity index (χ0n) is 52.0. The lowest BCUT2D eigenvalue weighted by atomic mass is 9.92. The van der Waals surface area contributed by atoms with Gasteiger partial charge in [0.05, 0.1) is 94.7 Å². The molecule has 0 aliphatic carbocycles. The summed E-state index contributed by atoms with van der Waals surface area (Å²) in [7, 11) is 0. The number of aromatic nitrogens is 5. The third-order valence-corrected chi connectivity index (χ3v) is 19.6. The van der Waals surface area contributed by atoms with E-state index < -0.39 is 23.5 Å². The quantitative estimate of drug-likeness (QED) is 0.132. The number of hydrogen-bond acceptors (Lipinski definition) is 1. The van der Waals surface area contributed by atoms with Gasteiger partial charge in [0.15, 0.2) is 0 Å². The molecule has 12 heteroatoms. The first-order chi connectivity index (χ1) is 48.0. The molecule has 19 rings (SSSR count). The molecule has 0 fully saturated rings. The van der Waals surface area contributed by atoms with E-state index in [9.17, 15) is 0 Å². The number of fused-ring (bicyclic) bond motifs is 15. The van der Waals surface area contributed by atoms with Crippen molar-refractivity contribution in [3.63, 3.8) is 0 Å². The Morgan fingerprint density at radius 3 is 0.724 bits per heavy atom. The Hall–Kier alpha value is -12.5. The van der Waals surface area contributed by atoms with Crippen LogP contribution >= 0.6 is 0 Å². The van der Waals surface area contributed by atoms with Crippen LogP contribution in [0.25, 0.3) is 149 Å². The molecule has 6 nitrogen and oxygen atoms in total. The molecule has 0 saturated heterocycles. The Balaban J connectivity index is 1.17. The zero-order valence-corrected chi connectivity index (χ0v) is 52.0. The molecule has 5 aromatic heterocycles. The Bertz CT molecular complexity index is 5940. The number of para-hydroxylation sites is 11. The zero-order chi connectivity index (χ0) is 65.7. The smallest absolute Gasteiger partial charge is 0.310 e. The van der Waals surface area contributed by atoms with Crippen molar-refractivity contribution in [2.45, 2.75) is 12.4 Å². The average molecular weight is 1280 g/mol. The van der Waals surface area contributed by atoms with Crippen molar-refractivity contribution >= 4 is 126 Å². The fourth-order valence-electron chi connectivity index (χ4n) is 15.7. The summed E-state index contributed by atoms with van der Waals surface area (Å²) in [4.78, 5) is 2.23. The van der Waals surface area contributed by atoms with Crippen LogP contribution in [0.4, 0.5) is 43.4 Å². The van der Waals surface area contributed by atoms with Crippen molar-refractivity contribution in [3.05, 3.63) is 327 Å². The van der Waals surface area contributed by atoms with Crippen LogP contribution in [0.3, 0.4) is 0 Å². The number of rotatable bonds is 9. The van der Waals surface area contributed by atoms with E-state index >= 15 is 26.3 Å². The lowest BCUT2D eigenvalue weighted by Crippen LogP contribution is -2.19. The summed E-state index contributed by atoms with van der Waals surface area (Å²) in [5.74, 6) is 0. The number of anilines is 3. The predicted octanol–water partition coefficient (Wildman–Crippen LogP) is 24.3. The van der Waals surface area contributed by atoms with E-state index in [0.29, 0.717) is 50.5 Å². The van der Waals surface area contributed by atoms with E-state index in [0.717, 1.165) is 116 Å². The maximum atomic E-state index is 16.4. The minimum atomic E-state index is -5.25. The van der Waals surface area contributed by atoms with E-state index in [1.165, 1.54) is 0 Å². The summed E-state index contributed by atoms with van der Waals surface area (Å²) in [5.41, 5.74) is 8.95. The monoisotopic (exact) mass is 1280 g/mol. The second-order valence-electron chi connectivity index (χ2n) is 25.0. The van der Waals surface area contributed by atoms with Gasteiger partial charge in [-0.3, -0.25) is 0 Å². The largest absolute Gasteiger partial charge is 0.416 e. The van der Waals surface area contributed by atoms with Gasteiger partial charge < -0.3 is 27.7 Å². The molecule has 0 saturated carbocycles. The fraction of sp³-hybridized carbons (Fsp3) is 0.0233. The van der Waals surface area contributed by atoms with Gasteiger partial charge in [-0.05, 0) is 121 Å². The van der Waals surface area contributed by atoms with E-state index in [-0.39, 0.29) is 17.2 Å². The highest BCUT2D eigenvalue weighted by atomic mass is 19.4. The normalized spacial score (nSPS) is 12.4. The molecule has 0 aliphatic rings. The highest BCUT2D eigenvalue weighted by Crippen LogP contribution is 2.56. The van der Waals surface area contributed by atoms with Crippen LogP contribution in [0.15, 0.2) is 315 Å². The first-order valence-electron chi connectivity index (χ1n) is 32.4. The van der Waals surface area contributed by atoms with Crippen LogP contribution in [-0.2, 0) is 12.4 Å². The number of nitrogens with zero attached hydrogens (tertiary/aromatic N) is 6. The highest BCUT2D eigenvalue weighted by Gasteiger charge is 2.41. The number of benzene rings is 14. The van der Waals surface area contributed by atoms with Crippen molar-refractivity contribution in [1.29, 1.82) is 0 Å². The molecule has 0 spiro atoms. The Morgan fingerprint density at radius 1 is 0.204 bits per heavy atom. The minimum absolute atomic E-state index is 0.0986. The molecular formula is C86H52F6N6. The van der Waals surface area contributed by atoms with E-state index in [1.807, 2.05) is 194 Å². The van der Waals surface area contributed by atoms with E-state index in [4.69, 9.17) is 0 Å².